The summed E-state index contributed by atoms with van der Waals surface area (Å²) in [5.74, 6) is 1.40. The summed E-state index contributed by atoms with van der Waals surface area (Å²) in [4.78, 5) is 11.7. The van der Waals surface area contributed by atoms with Gasteiger partial charge in [0.15, 0.2) is 0 Å². The van der Waals surface area contributed by atoms with Crippen molar-refractivity contribution in [3.63, 3.8) is 0 Å². The Hall–Kier alpha value is -2.53. The third-order valence-electron chi connectivity index (χ3n) is 3.46. The number of nitrogens with zero attached hydrogens (tertiary/aromatic N) is 1. The van der Waals surface area contributed by atoms with Crippen LogP contribution in [-0.4, -0.2) is 25.8 Å². The molecular weight excluding hydrogens is 340 g/mol. The predicted octanol–water partition coefficient (Wildman–Crippen LogP) is 3.97. The minimum atomic E-state index is -0.152. The molecular formula is C19H21ClN2O3. The number of carbonyl (C=O) groups is 1. The van der Waals surface area contributed by atoms with Crippen molar-refractivity contribution in [2.24, 2.45) is 5.10 Å². The maximum absolute atomic E-state index is 11.7. The second-order valence-electron chi connectivity index (χ2n) is 5.43. The van der Waals surface area contributed by atoms with Crippen LogP contribution in [0.15, 0.2) is 47.6 Å². The maximum Gasteiger partial charge on any atom is 0.240 e. The number of carbonyl (C=O) groups excluding carboxylic acids is 1. The molecule has 0 unspecified atom stereocenters. The Bertz CT molecular complexity index is 730. The summed E-state index contributed by atoms with van der Waals surface area (Å²) in [5, 5.41) is 4.62. The molecule has 5 nitrogen and oxygen atoms in total. The molecule has 0 aliphatic rings. The second kappa shape index (κ2) is 9.69. The molecule has 0 radical (unpaired) electrons. The molecule has 0 aromatic heterocycles. The lowest BCUT2D eigenvalue weighted by Gasteiger charge is -2.08. The van der Waals surface area contributed by atoms with Gasteiger partial charge in [0.2, 0.25) is 5.91 Å². The lowest BCUT2D eigenvalue weighted by atomic mass is 10.2. The van der Waals surface area contributed by atoms with Crippen molar-refractivity contribution >= 4 is 23.7 Å². The van der Waals surface area contributed by atoms with E-state index in [4.69, 9.17) is 21.1 Å². The SMILES string of the molecule is COc1ccc(C=NNC(=O)CCCOc2ccc(Cl)cc2C)cc1. The highest BCUT2D eigenvalue weighted by molar-refractivity contribution is 6.30. The standard InChI is InChI=1S/C19H21ClN2O3/c1-14-12-16(20)7-10-18(14)25-11-3-4-19(23)22-21-13-15-5-8-17(24-2)9-6-15/h5-10,12-13H,3-4,11H2,1-2H3,(H,22,23). The van der Waals surface area contributed by atoms with E-state index >= 15 is 0 Å². The first-order valence-corrected chi connectivity index (χ1v) is 8.31. The van der Waals surface area contributed by atoms with E-state index < -0.39 is 0 Å². The summed E-state index contributed by atoms with van der Waals surface area (Å²) in [7, 11) is 1.61. The van der Waals surface area contributed by atoms with E-state index in [1.54, 1.807) is 19.4 Å². The van der Waals surface area contributed by atoms with Gasteiger partial charge in [-0.25, -0.2) is 5.43 Å². The highest BCUT2D eigenvalue weighted by Gasteiger charge is 2.03. The van der Waals surface area contributed by atoms with Gasteiger partial charge in [-0.3, -0.25) is 4.79 Å². The summed E-state index contributed by atoms with van der Waals surface area (Å²) in [6, 6.07) is 12.8. The van der Waals surface area contributed by atoms with Crippen molar-refractivity contribution in [1.82, 2.24) is 5.43 Å². The zero-order valence-corrected chi connectivity index (χ0v) is 15.0. The highest BCUT2D eigenvalue weighted by atomic mass is 35.5. The van der Waals surface area contributed by atoms with Crippen molar-refractivity contribution in [3.8, 4) is 11.5 Å². The van der Waals surface area contributed by atoms with Crippen molar-refractivity contribution in [2.45, 2.75) is 19.8 Å². The maximum atomic E-state index is 11.7. The second-order valence-corrected chi connectivity index (χ2v) is 5.86. The van der Waals surface area contributed by atoms with Crippen LogP contribution in [0.2, 0.25) is 5.02 Å². The van der Waals surface area contributed by atoms with Crippen LogP contribution in [0.1, 0.15) is 24.0 Å². The average Bonchev–Trinajstić information content (AvgIpc) is 2.61. The zero-order chi connectivity index (χ0) is 18.1. The molecule has 0 saturated carbocycles. The largest absolute Gasteiger partial charge is 0.497 e. The average molecular weight is 361 g/mol. The van der Waals surface area contributed by atoms with E-state index in [2.05, 4.69) is 10.5 Å². The van der Waals surface area contributed by atoms with Crippen LogP contribution in [-0.2, 0) is 4.79 Å². The van der Waals surface area contributed by atoms with Gasteiger partial charge >= 0.3 is 0 Å². The molecule has 1 N–H and O–H groups in total. The number of nitrogens with one attached hydrogen (secondary N) is 1. The number of halogens is 1. The number of hydrogen-bond acceptors (Lipinski definition) is 4. The molecule has 6 heteroatoms. The molecule has 0 atom stereocenters. The molecule has 0 saturated heterocycles. The van der Waals surface area contributed by atoms with Crippen LogP contribution >= 0.6 is 11.6 Å². The van der Waals surface area contributed by atoms with E-state index in [0.29, 0.717) is 24.5 Å². The number of ether oxygens (including phenoxy) is 2. The lowest BCUT2D eigenvalue weighted by molar-refractivity contribution is -0.121. The summed E-state index contributed by atoms with van der Waals surface area (Å²) in [5.41, 5.74) is 4.35. The molecule has 0 bridgehead atoms. The number of amides is 1. The topological polar surface area (TPSA) is 59.9 Å². The first-order valence-electron chi connectivity index (χ1n) is 7.93. The lowest BCUT2D eigenvalue weighted by Crippen LogP contribution is -2.18. The fraction of sp³-hybridized carbons (Fsp3) is 0.263. The first-order chi connectivity index (χ1) is 12.1. The Morgan fingerprint density at radius 2 is 2.00 bits per heavy atom. The number of hydrogen-bond donors (Lipinski definition) is 1. The van der Waals surface area contributed by atoms with Gasteiger partial charge in [0, 0.05) is 11.4 Å². The highest BCUT2D eigenvalue weighted by Crippen LogP contribution is 2.21. The molecule has 0 spiro atoms. The van der Waals surface area contributed by atoms with Gasteiger partial charge in [-0.2, -0.15) is 5.10 Å². The third-order valence-corrected chi connectivity index (χ3v) is 3.70. The van der Waals surface area contributed by atoms with E-state index in [0.717, 1.165) is 22.6 Å². The van der Waals surface area contributed by atoms with Crippen LogP contribution in [0.5, 0.6) is 11.5 Å². The number of methoxy groups -OCH3 is 1. The smallest absolute Gasteiger partial charge is 0.240 e. The van der Waals surface area contributed by atoms with Crippen LogP contribution in [0.4, 0.5) is 0 Å². The molecule has 2 aromatic rings. The first kappa shape index (κ1) is 18.8. The van der Waals surface area contributed by atoms with Crippen molar-refractivity contribution in [2.75, 3.05) is 13.7 Å². The van der Waals surface area contributed by atoms with Gasteiger partial charge in [-0.15, -0.1) is 0 Å². The summed E-state index contributed by atoms with van der Waals surface area (Å²) < 4.78 is 10.7. The van der Waals surface area contributed by atoms with Crippen molar-refractivity contribution in [3.05, 3.63) is 58.6 Å². The van der Waals surface area contributed by atoms with Gasteiger partial charge < -0.3 is 9.47 Å². The molecule has 2 rings (SSSR count). The van der Waals surface area contributed by atoms with Crippen LogP contribution in [0, 0.1) is 6.92 Å². The van der Waals surface area contributed by atoms with Gasteiger partial charge in [-0.1, -0.05) is 11.6 Å². The monoisotopic (exact) mass is 360 g/mol. The number of hydrazone groups is 1. The molecule has 0 fully saturated rings. The summed E-state index contributed by atoms with van der Waals surface area (Å²) >= 11 is 5.90. The number of benzene rings is 2. The number of aryl methyl sites for hydroxylation is 1. The fourth-order valence-electron chi connectivity index (χ4n) is 2.11. The molecule has 0 aliphatic carbocycles. The van der Waals surface area contributed by atoms with Gasteiger partial charge in [0.05, 0.1) is 19.9 Å². The minimum absolute atomic E-state index is 0.152. The van der Waals surface area contributed by atoms with Crippen LogP contribution < -0.4 is 14.9 Å². The third kappa shape index (κ3) is 6.47. The Morgan fingerprint density at radius 1 is 1.24 bits per heavy atom. The normalized spacial score (nSPS) is 10.7. The molecule has 2 aromatic carbocycles. The van der Waals surface area contributed by atoms with E-state index in [1.165, 1.54) is 0 Å². The van der Waals surface area contributed by atoms with Gasteiger partial charge in [0.25, 0.3) is 0 Å². The zero-order valence-electron chi connectivity index (χ0n) is 14.3. The Balaban J connectivity index is 1.67. The molecule has 1 amide bonds. The number of rotatable bonds is 8. The van der Waals surface area contributed by atoms with Crippen molar-refractivity contribution in [1.29, 1.82) is 0 Å². The van der Waals surface area contributed by atoms with Crippen LogP contribution in [0.3, 0.4) is 0 Å². The van der Waals surface area contributed by atoms with E-state index in [-0.39, 0.29) is 5.91 Å². The van der Waals surface area contributed by atoms with Crippen LogP contribution in [0.25, 0.3) is 0 Å². The Morgan fingerprint density at radius 3 is 2.68 bits per heavy atom. The Labute approximate surface area is 152 Å². The van der Waals surface area contributed by atoms with Gasteiger partial charge in [0.1, 0.15) is 11.5 Å². The van der Waals surface area contributed by atoms with E-state index in [1.807, 2.05) is 43.3 Å². The molecule has 132 valence electrons. The quantitative estimate of drug-likeness (QED) is 0.440. The predicted molar refractivity (Wildman–Crippen MR) is 99.6 cm³/mol. The summed E-state index contributed by atoms with van der Waals surface area (Å²) in [6.07, 6.45) is 2.53. The van der Waals surface area contributed by atoms with E-state index in [9.17, 15) is 4.79 Å². The van der Waals surface area contributed by atoms with Gasteiger partial charge in [-0.05, 0) is 66.9 Å². The Kier molecular flexibility index (Phi) is 7.29. The molecule has 25 heavy (non-hydrogen) atoms. The molecule has 0 heterocycles. The molecule has 0 aliphatic heterocycles. The summed E-state index contributed by atoms with van der Waals surface area (Å²) in [6.45, 7) is 2.39. The van der Waals surface area contributed by atoms with Crippen molar-refractivity contribution < 1.29 is 14.3 Å². The minimum Gasteiger partial charge on any atom is -0.497 e. The fourth-order valence-corrected chi connectivity index (χ4v) is 2.34.